The van der Waals surface area contributed by atoms with Gasteiger partial charge in [-0.1, -0.05) is 27.3 Å². The summed E-state index contributed by atoms with van der Waals surface area (Å²) in [5.41, 5.74) is 0.810. The third-order valence-electron chi connectivity index (χ3n) is 1.32. The lowest BCUT2D eigenvalue weighted by Crippen LogP contribution is -1.83. The number of aromatic nitrogens is 4. The van der Waals surface area contributed by atoms with E-state index in [2.05, 4.69) is 20.2 Å². The quantitative estimate of drug-likeness (QED) is 0.755. The van der Waals surface area contributed by atoms with Crippen molar-refractivity contribution in [2.24, 2.45) is 0 Å². The van der Waals surface area contributed by atoms with Crippen LogP contribution in [-0.2, 0) is 0 Å². The monoisotopic (exact) mass is 192 g/mol. The minimum atomic E-state index is 0. The molecule has 0 aliphatic rings. The molecule has 2 rings (SSSR count). The molecule has 2 aromatic rings. The maximum Gasteiger partial charge on any atom is 0.174 e. The Kier molecular flexibility index (Phi) is 5.94. The van der Waals surface area contributed by atoms with E-state index < -0.39 is 0 Å². The molecule has 0 saturated heterocycles. The van der Waals surface area contributed by atoms with E-state index in [9.17, 15) is 0 Å². The van der Waals surface area contributed by atoms with Gasteiger partial charge in [0.1, 0.15) is 12.0 Å². The molecule has 14 heavy (non-hydrogen) atoms. The molecular weight excluding hydrogens is 176 g/mol. The van der Waals surface area contributed by atoms with Gasteiger partial charge in [0.2, 0.25) is 0 Å². The Morgan fingerprint density at radius 1 is 1.14 bits per heavy atom. The van der Waals surface area contributed by atoms with Gasteiger partial charge < -0.3 is 0 Å². The zero-order chi connectivity index (χ0) is 9.52. The molecule has 76 valence electrons. The summed E-state index contributed by atoms with van der Waals surface area (Å²) in [6.07, 6.45) is 3.18. The number of H-pyrrole nitrogens is 1. The van der Waals surface area contributed by atoms with Gasteiger partial charge in [0.15, 0.2) is 5.82 Å². The fraction of sp³-hybridized carbons (Fsp3) is 0.300. The second-order valence-corrected chi connectivity index (χ2v) is 2.05. The summed E-state index contributed by atoms with van der Waals surface area (Å²) >= 11 is 0. The van der Waals surface area contributed by atoms with E-state index in [1.54, 1.807) is 6.20 Å². The van der Waals surface area contributed by atoms with Crippen LogP contribution in [-0.4, -0.2) is 20.2 Å². The van der Waals surface area contributed by atoms with Gasteiger partial charge in [-0.2, -0.15) is 5.10 Å². The number of hydrogen-bond donors (Lipinski definition) is 1. The smallest absolute Gasteiger partial charge is 0.174 e. The largest absolute Gasteiger partial charge is 0.258 e. The summed E-state index contributed by atoms with van der Waals surface area (Å²) in [5.74, 6) is 0.700. The molecule has 0 radical (unpaired) electrons. The van der Waals surface area contributed by atoms with Gasteiger partial charge in [0, 0.05) is 6.20 Å². The van der Waals surface area contributed by atoms with Crippen LogP contribution >= 0.6 is 0 Å². The summed E-state index contributed by atoms with van der Waals surface area (Å²) in [6.45, 7) is 4.00. The van der Waals surface area contributed by atoms with Crippen molar-refractivity contribution in [1.82, 2.24) is 20.2 Å². The van der Waals surface area contributed by atoms with Crippen molar-refractivity contribution in [3.8, 4) is 11.5 Å². The predicted octanol–water partition coefficient (Wildman–Crippen LogP) is 2.53. The summed E-state index contributed by atoms with van der Waals surface area (Å²) in [4.78, 5) is 8.04. The lowest BCUT2D eigenvalue weighted by atomic mass is 10.3. The summed E-state index contributed by atoms with van der Waals surface area (Å²) in [6, 6.07) is 5.64. The lowest BCUT2D eigenvalue weighted by Gasteiger charge is -1.90. The fourth-order valence-corrected chi connectivity index (χ4v) is 0.832. The molecule has 0 amide bonds. The number of aromatic amines is 1. The van der Waals surface area contributed by atoms with Crippen LogP contribution in [0.1, 0.15) is 21.3 Å². The molecular formula is C10H16N4. The molecule has 0 spiro atoms. The Hall–Kier alpha value is -1.71. The van der Waals surface area contributed by atoms with Crippen molar-refractivity contribution in [1.29, 1.82) is 0 Å². The van der Waals surface area contributed by atoms with Gasteiger partial charge >= 0.3 is 0 Å². The molecule has 0 aliphatic carbocycles. The maximum absolute atomic E-state index is 4.09. The highest BCUT2D eigenvalue weighted by Gasteiger charge is 1.97. The van der Waals surface area contributed by atoms with Crippen molar-refractivity contribution in [2.45, 2.75) is 21.3 Å². The number of nitrogens with zero attached hydrogens (tertiary/aromatic N) is 3. The van der Waals surface area contributed by atoms with Crippen LogP contribution in [0.15, 0.2) is 30.7 Å². The molecule has 0 aliphatic heterocycles. The van der Waals surface area contributed by atoms with Gasteiger partial charge in [0.25, 0.3) is 0 Å². The molecule has 0 unspecified atom stereocenters. The highest BCUT2D eigenvalue weighted by atomic mass is 15.2. The second kappa shape index (κ2) is 6.77. The average Bonchev–Trinajstić information content (AvgIpc) is 2.75. The van der Waals surface area contributed by atoms with Crippen molar-refractivity contribution < 1.29 is 0 Å². The molecule has 0 atom stereocenters. The van der Waals surface area contributed by atoms with Gasteiger partial charge in [-0.3, -0.25) is 10.1 Å². The van der Waals surface area contributed by atoms with Gasteiger partial charge in [-0.05, 0) is 12.1 Å². The van der Waals surface area contributed by atoms with Crippen LogP contribution in [0.2, 0.25) is 0 Å². The molecule has 2 heterocycles. The van der Waals surface area contributed by atoms with Crippen LogP contribution in [0.3, 0.4) is 0 Å². The predicted molar refractivity (Wildman–Crippen MR) is 57.7 cm³/mol. The molecule has 4 heteroatoms. The normalized spacial score (nSPS) is 8.14. The van der Waals surface area contributed by atoms with Crippen LogP contribution in [0.4, 0.5) is 0 Å². The molecule has 0 bridgehead atoms. The molecule has 0 aromatic carbocycles. The van der Waals surface area contributed by atoms with Crippen LogP contribution in [0.5, 0.6) is 0 Å². The van der Waals surface area contributed by atoms with E-state index in [-0.39, 0.29) is 7.43 Å². The van der Waals surface area contributed by atoms with E-state index in [4.69, 9.17) is 0 Å². The first kappa shape index (κ1) is 12.3. The molecule has 0 fully saturated rings. The van der Waals surface area contributed by atoms with Crippen molar-refractivity contribution in [3.63, 3.8) is 0 Å². The minimum Gasteiger partial charge on any atom is -0.258 e. The highest BCUT2D eigenvalue weighted by Crippen LogP contribution is 2.06. The van der Waals surface area contributed by atoms with Gasteiger partial charge in [-0.15, -0.1) is 0 Å². The first-order valence-electron chi connectivity index (χ1n) is 4.23. The molecule has 1 N–H and O–H groups in total. The van der Waals surface area contributed by atoms with E-state index in [1.807, 2.05) is 32.0 Å². The second-order valence-electron chi connectivity index (χ2n) is 2.05. The van der Waals surface area contributed by atoms with Crippen molar-refractivity contribution >= 4 is 0 Å². The van der Waals surface area contributed by atoms with E-state index in [0.717, 1.165) is 5.69 Å². The van der Waals surface area contributed by atoms with Crippen molar-refractivity contribution in [2.75, 3.05) is 0 Å². The SMILES string of the molecule is C.CC.c1ccc(-c2ncn[nH]2)nc1. The van der Waals surface area contributed by atoms with E-state index in [1.165, 1.54) is 6.33 Å². The first-order valence-corrected chi connectivity index (χ1v) is 4.23. The Bertz CT molecular complexity index is 315. The number of pyridine rings is 1. The topological polar surface area (TPSA) is 54.5 Å². The molecule has 4 nitrogen and oxygen atoms in total. The fourth-order valence-electron chi connectivity index (χ4n) is 0.832. The summed E-state index contributed by atoms with van der Waals surface area (Å²) < 4.78 is 0. The zero-order valence-corrected chi connectivity index (χ0v) is 7.73. The van der Waals surface area contributed by atoms with Crippen LogP contribution < -0.4 is 0 Å². The van der Waals surface area contributed by atoms with Crippen LogP contribution in [0.25, 0.3) is 11.5 Å². The van der Waals surface area contributed by atoms with E-state index in [0.29, 0.717) is 5.82 Å². The Labute approximate surface area is 84.4 Å². The Morgan fingerprint density at radius 3 is 2.43 bits per heavy atom. The summed E-state index contributed by atoms with van der Waals surface area (Å²) in [5, 5.41) is 6.45. The van der Waals surface area contributed by atoms with Gasteiger partial charge in [-0.25, -0.2) is 4.98 Å². The standard InChI is InChI=1S/C7H6N4.C2H6.CH4/c1-2-4-8-6(3-1)7-9-5-10-11-7;1-2;/h1-5H,(H,9,10,11);1-2H3;1H4. The number of nitrogens with one attached hydrogen (secondary N) is 1. The number of rotatable bonds is 1. The van der Waals surface area contributed by atoms with Crippen LogP contribution in [0, 0.1) is 0 Å². The summed E-state index contributed by atoms with van der Waals surface area (Å²) in [7, 11) is 0. The maximum atomic E-state index is 4.09. The minimum absolute atomic E-state index is 0. The Balaban J connectivity index is 0.000000531. The third kappa shape index (κ3) is 2.97. The van der Waals surface area contributed by atoms with Crippen molar-refractivity contribution in [3.05, 3.63) is 30.7 Å². The third-order valence-corrected chi connectivity index (χ3v) is 1.32. The van der Waals surface area contributed by atoms with Gasteiger partial charge in [0.05, 0.1) is 0 Å². The first-order chi connectivity index (χ1) is 6.47. The molecule has 0 saturated carbocycles. The highest BCUT2D eigenvalue weighted by molar-refractivity contribution is 5.46. The zero-order valence-electron chi connectivity index (χ0n) is 7.73. The molecule has 2 aromatic heterocycles. The van der Waals surface area contributed by atoms with E-state index >= 15 is 0 Å². The lowest BCUT2D eigenvalue weighted by molar-refractivity contribution is 1.09. The number of hydrogen-bond acceptors (Lipinski definition) is 3. The Morgan fingerprint density at radius 2 is 1.93 bits per heavy atom. The average molecular weight is 192 g/mol.